The molecule has 0 saturated heterocycles. The number of rotatable bonds is 3. The first-order chi connectivity index (χ1) is 6.22. The molecule has 0 spiro atoms. The van der Waals surface area contributed by atoms with Gasteiger partial charge in [-0.3, -0.25) is 5.32 Å². The Bertz CT molecular complexity index is 258. The molecule has 2 N–H and O–H groups in total. The first kappa shape index (κ1) is 9.57. The average molecular weight is 183 g/mol. The van der Waals surface area contributed by atoms with E-state index < -0.39 is 0 Å². The van der Waals surface area contributed by atoms with Gasteiger partial charge in [0.25, 0.3) is 0 Å². The SMILES string of the molecule is CCC(C)NC(=O)Nc1cocn1. The van der Waals surface area contributed by atoms with Crippen LogP contribution in [0.15, 0.2) is 17.1 Å². The summed E-state index contributed by atoms with van der Waals surface area (Å²) in [5.41, 5.74) is 0. The van der Waals surface area contributed by atoms with Gasteiger partial charge >= 0.3 is 6.03 Å². The molecule has 0 bridgehead atoms. The predicted molar refractivity (Wildman–Crippen MR) is 48.4 cm³/mol. The lowest BCUT2D eigenvalue weighted by molar-refractivity contribution is 0.249. The fourth-order valence-electron chi connectivity index (χ4n) is 0.753. The lowest BCUT2D eigenvalue weighted by atomic mass is 10.3. The Hall–Kier alpha value is -1.52. The van der Waals surface area contributed by atoms with Crippen LogP contribution >= 0.6 is 0 Å². The van der Waals surface area contributed by atoms with Crippen molar-refractivity contribution in [1.82, 2.24) is 10.3 Å². The molecule has 0 fully saturated rings. The molecule has 72 valence electrons. The Labute approximate surface area is 76.5 Å². The number of carbonyl (C=O) groups excluding carboxylic acids is 1. The molecule has 1 aromatic rings. The van der Waals surface area contributed by atoms with Crippen LogP contribution in [0.3, 0.4) is 0 Å². The standard InChI is InChI=1S/C8H13N3O2/c1-3-6(2)10-8(12)11-7-4-13-5-9-7/h4-6H,3H2,1-2H3,(H2,10,11,12). The van der Waals surface area contributed by atoms with Crippen molar-refractivity contribution < 1.29 is 9.21 Å². The van der Waals surface area contributed by atoms with E-state index in [1.807, 2.05) is 13.8 Å². The Balaban J connectivity index is 2.34. The minimum absolute atomic E-state index is 0.159. The quantitative estimate of drug-likeness (QED) is 0.747. The molecule has 0 aliphatic rings. The molecule has 0 saturated carbocycles. The van der Waals surface area contributed by atoms with E-state index in [4.69, 9.17) is 4.42 Å². The summed E-state index contributed by atoms with van der Waals surface area (Å²) in [6.07, 6.45) is 3.53. The Morgan fingerprint density at radius 3 is 3.08 bits per heavy atom. The zero-order chi connectivity index (χ0) is 9.68. The van der Waals surface area contributed by atoms with Crippen molar-refractivity contribution in [3.63, 3.8) is 0 Å². The van der Waals surface area contributed by atoms with Gasteiger partial charge in [0.1, 0.15) is 6.26 Å². The maximum atomic E-state index is 11.2. The second-order valence-electron chi connectivity index (χ2n) is 2.78. The third-order valence-electron chi connectivity index (χ3n) is 1.66. The Morgan fingerprint density at radius 2 is 2.54 bits per heavy atom. The van der Waals surface area contributed by atoms with E-state index >= 15 is 0 Å². The third kappa shape index (κ3) is 3.14. The number of aromatic nitrogens is 1. The zero-order valence-corrected chi connectivity index (χ0v) is 7.70. The number of oxazole rings is 1. The van der Waals surface area contributed by atoms with Crippen molar-refractivity contribution in [2.24, 2.45) is 0 Å². The summed E-state index contributed by atoms with van der Waals surface area (Å²) in [7, 11) is 0. The molecule has 1 atom stereocenters. The maximum absolute atomic E-state index is 11.2. The first-order valence-electron chi connectivity index (χ1n) is 4.18. The highest BCUT2D eigenvalue weighted by molar-refractivity contribution is 5.88. The van der Waals surface area contributed by atoms with Crippen molar-refractivity contribution in [1.29, 1.82) is 0 Å². The van der Waals surface area contributed by atoms with Crippen LogP contribution in [0.5, 0.6) is 0 Å². The van der Waals surface area contributed by atoms with Crippen molar-refractivity contribution in [3.8, 4) is 0 Å². The van der Waals surface area contributed by atoms with Gasteiger partial charge < -0.3 is 9.73 Å². The molecule has 2 amide bonds. The summed E-state index contributed by atoms with van der Waals surface area (Å²) in [5, 5.41) is 5.27. The van der Waals surface area contributed by atoms with Gasteiger partial charge in [0.2, 0.25) is 0 Å². The van der Waals surface area contributed by atoms with Gasteiger partial charge in [0.05, 0.1) is 0 Å². The van der Waals surface area contributed by atoms with Crippen LogP contribution in [-0.4, -0.2) is 17.1 Å². The molecule has 1 unspecified atom stereocenters. The van der Waals surface area contributed by atoms with Gasteiger partial charge in [-0.05, 0) is 13.3 Å². The molecule has 13 heavy (non-hydrogen) atoms. The first-order valence-corrected chi connectivity index (χ1v) is 4.18. The van der Waals surface area contributed by atoms with Crippen molar-refractivity contribution in [2.75, 3.05) is 5.32 Å². The Morgan fingerprint density at radius 1 is 1.77 bits per heavy atom. The fourth-order valence-corrected chi connectivity index (χ4v) is 0.753. The van der Waals surface area contributed by atoms with Gasteiger partial charge in [0, 0.05) is 6.04 Å². The molecule has 0 aromatic carbocycles. The monoisotopic (exact) mass is 183 g/mol. The number of nitrogens with zero attached hydrogens (tertiary/aromatic N) is 1. The van der Waals surface area contributed by atoms with Gasteiger partial charge in [-0.25, -0.2) is 4.79 Å². The van der Waals surface area contributed by atoms with Crippen LogP contribution in [0.2, 0.25) is 0 Å². The van der Waals surface area contributed by atoms with Crippen molar-refractivity contribution in [2.45, 2.75) is 26.3 Å². The summed E-state index contributed by atoms with van der Waals surface area (Å²) in [4.78, 5) is 14.9. The number of urea groups is 1. The molecular formula is C8H13N3O2. The predicted octanol–water partition coefficient (Wildman–Crippen LogP) is 1.59. The van der Waals surface area contributed by atoms with E-state index in [1.165, 1.54) is 12.7 Å². The van der Waals surface area contributed by atoms with E-state index in [2.05, 4.69) is 15.6 Å². The molecule has 0 aliphatic heterocycles. The molecule has 1 aromatic heterocycles. The maximum Gasteiger partial charge on any atom is 0.320 e. The third-order valence-corrected chi connectivity index (χ3v) is 1.66. The second kappa shape index (κ2) is 4.49. The second-order valence-corrected chi connectivity index (χ2v) is 2.78. The largest absolute Gasteiger partial charge is 0.449 e. The highest BCUT2D eigenvalue weighted by atomic mass is 16.3. The smallest absolute Gasteiger partial charge is 0.320 e. The molecule has 5 heteroatoms. The van der Waals surface area contributed by atoms with Crippen LogP contribution in [0.4, 0.5) is 10.6 Å². The van der Waals surface area contributed by atoms with E-state index in [9.17, 15) is 4.79 Å². The molecule has 5 nitrogen and oxygen atoms in total. The van der Waals surface area contributed by atoms with Gasteiger partial charge in [0.15, 0.2) is 12.2 Å². The van der Waals surface area contributed by atoms with Gasteiger partial charge in [-0.2, -0.15) is 4.98 Å². The van der Waals surface area contributed by atoms with E-state index in [0.717, 1.165) is 6.42 Å². The molecule has 1 rings (SSSR count). The summed E-state index contributed by atoms with van der Waals surface area (Å²) < 4.78 is 4.69. The number of nitrogens with one attached hydrogen (secondary N) is 2. The van der Waals surface area contributed by atoms with Crippen LogP contribution in [-0.2, 0) is 0 Å². The van der Waals surface area contributed by atoms with Crippen LogP contribution in [0.25, 0.3) is 0 Å². The summed E-state index contributed by atoms with van der Waals surface area (Å²) >= 11 is 0. The summed E-state index contributed by atoms with van der Waals surface area (Å²) in [6.45, 7) is 3.93. The number of hydrogen-bond donors (Lipinski definition) is 2. The van der Waals surface area contributed by atoms with Crippen molar-refractivity contribution in [3.05, 3.63) is 12.7 Å². The highest BCUT2D eigenvalue weighted by Gasteiger charge is 2.05. The number of carbonyl (C=O) groups is 1. The normalized spacial score (nSPS) is 12.2. The van der Waals surface area contributed by atoms with E-state index in [0.29, 0.717) is 5.82 Å². The van der Waals surface area contributed by atoms with Crippen LogP contribution < -0.4 is 10.6 Å². The lowest BCUT2D eigenvalue weighted by Crippen LogP contribution is -2.35. The fraction of sp³-hybridized carbons (Fsp3) is 0.500. The molecule has 1 heterocycles. The minimum atomic E-state index is -0.261. The van der Waals surface area contributed by atoms with E-state index in [1.54, 1.807) is 0 Å². The average Bonchev–Trinajstić information content (AvgIpc) is 2.56. The van der Waals surface area contributed by atoms with Gasteiger partial charge in [-0.15, -0.1) is 0 Å². The highest BCUT2D eigenvalue weighted by Crippen LogP contribution is 2.00. The Kier molecular flexibility index (Phi) is 3.31. The van der Waals surface area contributed by atoms with Gasteiger partial charge in [-0.1, -0.05) is 6.92 Å². The molecule has 0 radical (unpaired) electrons. The number of amides is 2. The summed E-state index contributed by atoms with van der Waals surface area (Å²) in [5.74, 6) is 0.417. The van der Waals surface area contributed by atoms with Crippen LogP contribution in [0.1, 0.15) is 20.3 Å². The number of anilines is 1. The molecular weight excluding hydrogens is 170 g/mol. The topological polar surface area (TPSA) is 67.2 Å². The lowest BCUT2D eigenvalue weighted by Gasteiger charge is -2.10. The van der Waals surface area contributed by atoms with Crippen LogP contribution in [0, 0.1) is 0 Å². The zero-order valence-electron chi connectivity index (χ0n) is 7.70. The summed E-state index contributed by atoms with van der Waals surface area (Å²) in [6, 6.07) is -0.102. The van der Waals surface area contributed by atoms with Crippen molar-refractivity contribution >= 4 is 11.8 Å². The van der Waals surface area contributed by atoms with E-state index in [-0.39, 0.29) is 12.1 Å². The minimum Gasteiger partial charge on any atom is -0.449 e. The molecule has 0 aliphatic carbocycles. The number of hydrogen-bond acceptors (Lipinski definition) is 3.